The molecule has 0 fully saturated rings. The summed E-state index contributed by atoms with van der Waals surface area (Å²) >= 11 is 0. The first-order chi connectivity index (χ1) is 5.07. The molecule has 0 aliphatic heterocycles. The Hall–Kier alpha value is -0.890. The molecule has 2 heteroatoms. The molecule has 0 amide bonds. The van der Waals surface area contributed by atoms with E-state index in [2.05, 4.69) is 0 Å². The van der Waals surface area contributed by atoms with Crippen molar-refractivity contribution in [2.24, 2.45) is 5.92 Å². The van der Waals surface area contributed by atoms with Crippen molar-refractivity contribution in [3.63, 3.8) is 0 Å². The van der Waals surface area contributed by atoms with Crippen LogP contribution in [0.2, 0.25) is 0 Å². The Bertz CT molecular complexity index is 228. The van der Waals surface area contributed by atoms with E-state index in [9.17, 15) is 9.90 Å². The molecule has 1 aliphatic rings. The van der Waals surface area contributed by atoms with Gasteiger partial charge in [-0.2, -0.15) is 0 Å². The normalized spacial score (nSPS) is 35.7. The van der Waals surface area contributed by atoms with Crippen LogP contribution >= 0.6 is 0 Å². The number of ketones is 1. The van der Waals surface area contributed by atoms with Crippen molar-refractivity contribution >= 4 is 5.78 Å². The van der Waals surface area contributed by atoms with Crippen molar-refractivity contribution in [3.8, 4) is 0 Å². The fraction of sp³-hybridized carbons (Fsp3) is 0.444. The lowest BCUT2D eigenvalue weighted by Gasteiger charge is -2.28. The summed E-state index contributed by atoms with van der Waals surface area (Å²) in [5.74, 6) is -0.324. The average Bonchev–Trinajstić information content (AvgIpc) is 1.95. The molecule has 0 aromatic carbocycles. The average molecular weight is 152 g/mol. The van der Waals surface area contributed by atoms with Crippen molar-refractivity contribution in [1.29, 1.82) is 0 Å². The molecule has 0 saturated carbocycles. The van der Waals surface area contributed by atoms with E-state index in [0.717, 1.165) is 0 Å². The van der Waals surface area contributed by atoms with Crippen LogP contribution in [0.1, 0.15) is 13.8 Å². The highest BCUT2D eigenvalue weighted by atomic mass is 16.3. The molecular formula is C9H12O2. The third-order valence-electron chi connectivity index (χ3n) is 2.12. The number of aliphatic hydroxyl groups is 1. The van der Waals surface area contributed by atoms with E-state index in [1.165, 1.54) is 6.92 Å². The second-order valence-electron chi connectivity index (χ2n) is 2.91. The first kappa shape index (κ1) is 8.21. The standard InChI is InChI=1S/C9H12O2/c1-7-5-3-4-6-9(7,11)8(2)10/h3-7,11H,1-2H3. The van der Waals surface area contributed by atoms with E-state index in [0.29, 0.717) is 0 Å². The minimum atomic E-state index is -1.27. The summed E-state index contributed by atoms with van der Waals surface area (Å²) in [4.78, 5) is 11.0. The first-order valence-electron chi connectivity index (χ1n) is 3.67. The Kier molecular flexibility index (Phi) is 1.96. The molecule has 1 N–H and O–H groups in total. The van der Waals surface area contributed by atoms with Crippen LogP contribution in [0.5, 0.6) is 0 Å². The largest absolute Gasteiger partial charge is 0.377 e. The number of Topliss-reactive ketones (excluding diaryl/α,β-unsaturated/α-hetero) is 1. The fourth-order valence-corrected chi connectivity index (χ4v) is 1.17. The van der Waals surface area contributed by atoms with Gasteiger partial charge in [-0.15, -0.1) is 0 Å². The van der Waals surface area contributed by atoms with Gasteiger partial charge in [0.2, 0.25) is 0 Å². The van der Waals surface area contributed by atoms with Gasteiger partial charge in [-0.05, 0) is 13.0 Å². The molecule has 0 radical (unpaired) electrons. The third-order valence-corrected chi connectivity index (χ3v) is 2.12. The minimum Gasteiger partial charge on any atom is -0.377 e. The van der Waals surface area contributed by atoms with Gasteiger partial charge in [0.1, 0.15) is 5.60 Å². The molecule has 1 rings (SSSR count). The highest BCUT2D eigenvalue weighted by Gasteiger charge is 2.35. The van der Waals surface area contributed by atoms with Crippen molar-refractivity contribution in [2.45, 2.75) is 19.4 Å². The van der Waals surface area contributed by atoms with E-state index < -0.39 is 5.60 Å². The van der Waals surface area contributed by atoms with Gasteiger partial charge in [-0.1, -0.05) is 25.2 Å². The van der Waals surface area contributed by atoms with Crippen LogP contribution in [0.15, 0.2) is 24.3 Å². The second-order valence-corrected chi connectivity index (χ2v) is 2.91. The molecule has 0 spiro atoms. The third kappa shape index (κ3) is 1.26. The zero-order chi connectivity index (χ0) is 8.48. The van der Waals surface area contributed by atoms with Gasteiger partial charge >= 0.3 is 0 Å². The quantitative estimate of drug-likeness (QED) is 0.610. The highest BCUT2D eigenvalue weighted by Crippen LogP contribution is 2.24. The Balaban J connectivity index is 2.94. The Morgan fingerprint density at radius 3 is 2.55 bits per heavy atom. The SMILES string of the molecule is CC(=O)C1(O)C=CC=CC1C. The van der Waals surface area contributed by atoms with Crippen molar-refractivity contribution in [3.05, 3.63) is 24.3 Å². The van der Waals surface area contributed by atoms with Crippen LogP contribution < -0.4 is 0 Å². The zero-order valence-corrected chi connectivity index (χ0v) is 6.74. The maximum Gasteiger partial charge on any atom is 0.165 e. The molecule has 2 atom stereocenters. The molecular weight excluding hydrogens is 140 g/mol. The first-order valence-corrected chi connectivity index (χ1v) is 3.67. The number of carbonyl (C=O) groups is 1. The molecule has 11 heavy (non-hydrogen) atoms. The molecule has 0 saturated heterocycles. The summed E-state index contributed by atoms with van der Waals surface area (Å²) in [5, 5.41) is 9.73. The van der Waals surface area contributed by atoms with Crippen LogP contribution in [0.4, 0.5) is 0 Å². The van der Waals surface area contributed by atoms with Crippen molar-refractivity contribution < 1.29 is 9.90 Å². The molecule has 1 aliphatic carbocycles. The zero-order valence-electron chi connectivity index (χ0n) is 6.74. The van der Waals surface area contributed by atoms with E-state index in [1.807, 2.05) is 19.1 Å². The Morgan fingerprint density at radius 2 is 2.18 bits per heavy atom. The number of allylic oxidation sites excluding steroid dienone is 2. The van der Waals surface area contributed by atoms with E-state index >= 15 is 0 Å². The molecule has 60 valence electrons. The van der Waals surface area contributed by atoms with Gasteiger partial charge < -0.3 is 5.11 Å². The van der Waals surface area contributed by atoms with Gasteiger partial charge in [0.05, 0.1) is 0 Å². The lowest BCUT2D eigenvalue weighted by atomic mass is 9.82. The number of carbonyl (C=O) groups excluding carboxylic acids is 1. The smallest absolute Gasteiger partial charge is 0.165 e. The molecule has 0 heterocycles. The van der Waals surface area contributed by atoms with Crippen LogP contribution in [-0.4, -0.2) is 16.5 Å². The lowest BCUT2D eigenvalue weighted by Crippen LogP contribution is -2.41. The van der Waals surface area contributed by atoms with Crippen molar-refractivity contribution in [1.82, 2.24) is 0 Å². The molecule has 0 aromatic heterocycles. The van der Waals surface area contributed by atoms with Crippen LogP contribution in [-0.2, 0) is 4.79 Å². The minimum absolute atomic E-state index is 0.120. The van der Waals surface area contributed by atoms with Crippen LogP contribution in [0.3, 0.4) is 0 Å². The molecule has 0 bridgehead atoms. The number of hydrogen-bond donors (Lipinski definition) is 1. The van der Waals surface area contributed by atoms with E-state index in [1.54, 1.807) is 12.2 Å². The van der Waals surface area contributed by atoms with E-state index in [-0.39, 0.29) is 11.7 Å². The second kappa shape index (κ2) is 2.62. The Labute approximate surface area is 66.2 Å². The molecule has 0 aromatic rings. The van der Waals surface area contributed by atoms with E-state index in [4.69, 9.17) is 0 Å². The fourth-order valence-electron chi connectivity index (χ4n) is 1.17. The monoisotopic (exact) mass is 152 g/mol. The number of hydrogen-bond acceptors (Lipinski definition) is 2. The Morgan fingerprint density at radius 1 is 1.55 bits per heavy atom. The maximum atomic E-state index is 11.0. The van der Waals surface area contributed by atoms with Gasteiger partial charge in [0.25, 0.3) is 0 Å². The maximum absolute atomic E-state index is 11.0. The van der Waals surface area contributed by atoms with Crippen LogP contribution in [0, 0.1) is 5.92 Å². The van der Waals surface area contributed by atoms with Crippen LogP contribution in [0.25, 0.3) is 0 Å². The highest BCUT2D eigenvalue weighted by molar-refractivity contribution is 5.87. The summed E-state index contributed by atoms with van der Waals surface area (Å²) in [6.07, 6.45) is 6.89. The topological polar surface area (TPSA) is 37.3 Å². The summed E-state index contributed by atoms with van der Waals surface area (Å²) in [5.41, 5.74) is -1.27. The lowest BCUT2D eigenvalue weighted by molar-refractivity contribution is -0.133. The summed E-state index contributed by atoms with van der Waals surface area (Å²) in [6, 6.07) is 0. The molecule has 2 unspecified atom stereocenters. The van der Waals surface area contributed by atoms with Gasteiger partial charge in [-0.25, -0.2) is 0 Å². The number of rotatable bonds is 1. The molecule has 2 nitrogen and oxygen atoms in total. The van der Waals surface area contributed by atoms with Gasteiger partial charge in [-0.3, -0.25) is 4.79 Å². The van der Waals surface area contributed by atoms with Crippen molar-refractivity contribution in [2.75, 3.05) is 0 Å². The summed E-state index contributed by atoms with van der Waals surface area (Å²) < 4.78 is 0. The predicted molar refractivity (Wildman–Crippen MR) is 43.1 cm³/mol. The summed E-state index contributed by atoms with van der Waals surface area (Å²) in [6.45, 7) is 3.22. The van der Waals surface area contributed by atoms with Gasteiger partial charge in [0, 0.05) is 5.92 Å². The van der Waals surface area contributed by atoms with Gasteiger partial charge in [0.15, 0.2) is 5.78 Å². The predicted octanol–water partition coefficient (Wildman–Crippen LogP) is 1.07. The summed E-state index contributed by atoms with van der Waals surface area (Å²) in [7, 11) is 0.